The lowest BCUT2D eigenvalue weighted by Gasteiger charge is -2.28. The summed E-state index contributed by atoms with van der Waals surface area (Å²) in [7, 11) is 1.63. The van der Waals surface area contributed by atoms with Crippen LogP contribution in [0.2, 0.25) is 0 Å². The van der Waals surface area contributed by atoms with E-state index in [1.165, 1.54) is 11.8 Å². The van der Waals surface area contributed by atoms with Crippen molar-refractivity contribution in [3.63, 3.8) is 0 Å². The van der Waals surface area contributed by atoms with Crippen molar-refractivity contribution < 1.29 is 9.53 Å². The maximum Gasteiger partial charge on any atom is 0.237 e. The molecule has 3 aromatic rings. The Balaban J connectivity index is 1.61. The SMILES string of the molecule is COc1ccc2c(c1)SCC(=O)N2Cc1nc(-c2ccccn2)n[nH]1. The number of thioether (sulfide) groups is 1. The summed E-state index contributed by atoms with van der Waals surface area (Å²) in [5.41, 5.74) is 1.55. The molecule has 126 valence electrons. The summed E-state index contributed by atoms with van der Waals surface area (Å²) in [4.78, 5) is 23.8. The van der Waals surface area contributed by atoms with E-state index in [2.05, 4.69) is 20.2 Å². The van der Waals surface area contributed by atoms with Gasteiger partial charge in [-0.05, 0) is 30.3 Å². The van der Waals surface area contributed by atoms with Gasteiger partial charge in [0.25, 0.3) is 0 Å². The lowest BCUT2D eigenvalue weighted by atomic mass is 10.2. The van der Waals surface area contributed by atoms with Crippen molar-refractivity contribution in [1.29, 1.82) is 0 Å². The molecule has 0 saturated heterocycles. The normalized spacial score (nSPS) is 13.6. The van der Waals surface area contributed by atoms with Crippen molar-refractivity contribution in [2.75, 3.05) is 17.8 Å². The van der Waals surface area contributed by atoms with Crippen LogP contribution >= 0.6 is 11.8 Å². The van der Waals surface area contributed by atoms with Gasteiger partial charge in [0.05, 0.1) is 25.1 Å². The molecule has 1 N–H and O–H groups in total. The number of aromatic nitrogens is 4. The number of carbonyl (C=O) groups is 1. The third-order valence-electron chi connectivity index (χ3n) is 3.84. The molecule has 0 spiro atoms. The summed E-state index contributed by atoms with van der Waals surface area (Å²) in [5, 5.41) is 7.10. The fraction of sp³-hybridized carbons (Fsp3) is 0.176. The number of hydrogen-bond donors (Lipinski definition) is 1. The average molecular weight is 353 g/mol. The minimum atomic E-state index is 0.0402. The van der Waals surface area contributed by atoms with Crippen LogP contribution in [0.5, 0.6) is 5.75 Å². The number of pyridine rings is 1. The molecular formula is C17H15N5O2S. The summed E-state index contributed by atoms with van der Waals surface area (Å²) in [6.45, 7) is 0.332. The third kappa shape index (κ3) is 3.08. The van der Waals surface area contributed by atoms with Crippen molar-refractivity contribution in [3.8, 4) is 17.3 Å². The third-order valence-corrected chi connectivity index (χ3v) is 4.87. The molecule has 0 aliphatic carbocycles. The van der Waals surface area contributed by atoms with Gasteiger partial charge in [-0.1, -0.05) is 6.07 Å². The Hall–Kier alpha value is -2.87. The zero-order valence-corrected chi connectivity index (χ0v) is 14.3. The number of benzene rings is 1. The van der Waals surface area contributed by atoms with Crippen LogP contribution in [0, 0.1) is 0 Å². The molecule has 0 unspecified atom stereocenters. The summed E-state index contributed by atoms with van der Waals surface area (Å²) in [6, 6.07) is 11.3. The topological polar surface area (TPSA) is 84.0 Å². The van der Waals surface area contributed by atoms with Crippen molar-refractivity contribution in [2.24, 2.45) is 0 Å². The van der Waals surface area contributed by atoms with Crippen LogP contribution in [0.25, 0.3) is 11.5 Å². The van der Waals surface area contributed by atoms with E-state index < -0.39 is 0 Å². The lowest BCUT2D eigenvalue weighted by molar-refractivity contribution is -0.116. The number of anilines is 1. The number of H-pyrrole nitrogens is 1. The highest BCUT2D eigenvalue weighted by atomic mass is 32.2. The Morgan fingerprint density at radius 2 is 2.24 bits per heavy atom. The van der Waals surface area contributed by atoms with Crippen LogP contribution in [-0.4, -0.2) is 38.9 Å². The van der Waals surface area contributed by atoms with Gasteiger partial charge in [-0.25, -0.2) is 4.98 Å². The second-order valence-corrected chi connectivity index (χ2v) is 6.44. The first-order valence-electron chi connectivity index (χ1n) is 7.68. The molecule has 3 heterocycles. The highest BCUT2D eigenvalue weighted by molar-refractivity contribution is 8.00. The fourth-order valence-corrected chi connectivity index (χ4v) is 3.57. The number of amides is 1. The Morgan fingerprint density at radius 3 is 3.04 bits per heavy atom. The first-order valence-corrected chi connectivity index (χ1v) is 8.67. The minimum Gasteiger partial charge on any atom is -0.497 e. The summed E-state index contributed by atoms with van der Waals surface area (Å²) >= 11 is 1.52. The van der Waals surface area contributed by atoms with Crippen molar-refractivity contribution in [2.45, 2.75) is 11.4 Å². The number of nitrogens with one attached hydrogen (secondary N) is 1. The second kappa shape index (κ2) is 6.56. The van der Waals surface area contributed by atoms with Gasteiger partial charge < -0.3 is 9.64 Å². The number of aromatic amines is 1. The van der Waals surface area contributed by atoms with Gasteiger partial charge in [-0.3, -0.25) is 14.9 Å². The van der Waals surface area contributed by atoms with Crippen LogP contribution in [-0.2, 0) is 11.3 Å². The molecule has 0 bridgehead atoms. The molecule has 1 aliphatic heterocycles. The van der Waals surface area contributed by atoms with E-state index >= 15 is 0 Å². The first kappa shape index (κ1) is 15.6. The molecule has 0 atom stereocenters. The molecule has 1 aliphatic rings. The molecular weight excluding hydrogens is 338 g/mol. The van der Waals surface area contributed by atoms with E-state index in [0.717, 1.165) is 16.3 Å². The molecule has 7 nitrogen and oxygen atoms in total. The van der Waals surface area contributed by atoms with Crippen LogP contribution in [0.3, 0.4) is 0 Å². The molecule has 0 radical (unpaired) electrons. The molecule has 0 saturated carbocycles. The largest absolute Gasteiger partial charge is 0.497 e. The number of fused-ring (bicyclic) bond motifs is 1. The molecule has 1 aromatic carbocycles. The van der Waals surface area contributed by atoms with Gasteiger partial charge >= 0.3 is 0 Å². The van der Waals surface area contributed by atoms with Gasteiger partial charge in [0.2, 0.25) is 5.91 Å². The van der Waals surface area contributed by atoms with Gasteiger partial charge in [0, 0.05) is 11.1 Å². The van der Waals surface area contributed by atoms with Crippen LogP contribution in [0.4, 0.5) is 5.69 Å². The van der Waals surface area contributed by atoms with Crippen molar-refractivity contribution >= 4 is 23.4 Å². The van der Waals surface area contributed by atoms with Gasteiger partial charge in [-0.15, -0.1) is 11.8 Å². The number of rotatable bonds is 4. The molecule has 25 heavy (non-hydrogen) atoms. The highest BCUT2D eigenvalue weighted by Crippen LogP contribution is 2.38. The quantitative estimate of drug-likeness (QED) is 0.776. The maximum atomic E-state index is 12.4. The van der Waals surface area contributed by atoms with E-state index in [1.54, 1.807) is 18.2 Å². The predicted octanol–water partition coefficient (Wildman–Crippen LogP) is 2.51. The Morgan fingerprint density at radius 1 is 1.32 bits per heavy atom. The number of ether oxygens (including phenoxy) is 1. The average Bonchev–Trinajstić information content (AvgIpc) is 3.13. The minimum absolute atomic E-state index is 0.0402. The van der Waals surface area contributed by atoms with Crippen LogP contribution < -0.4 is 9.64 Å². The molecule has 8 heteroatoms. The van der Waals surface area contributed by atoms with Gasteiger partial charge in [0.1, 0.15) is 17.3 Å². The lowest BCUT2D eigenvalue weighted by Crippen LogP contribution is -2.35. The molecule has 2 aromatic heterocycles. The van der Waals surface area contributed by atoms with Crippen molar-refractivity contribution in [3.05, 3.63) is 48.4 Å². The number of methoxy groups -OCH3 is 1. The number of hydrogen-bond acceptors (Lipinski definition) is 6. The molecule has 1 amide bonds. The zero-order chi connectivity index (χ0) is 17.2. The standard InChI is InChI=1S/C17H15N5O2S/c1-24-11-5-6-13-14(8-11)25-10-16(23)22(13)9-15-19-17(21-20-15)12-4-2-3-7-18-12/h2-8H,9-10H2,1H3,(H,19,20,21). The van der Waals surface area contributed by atoms with Crippen molar-refractivity contribution in [1.82, 2.24) is 20.2 Å². The maximum absolute atomic E-state index is 12.4. The van der Waals surface area contributed by atoms with Crippen LogP contribution in [0.15, 0.2) is 47.5 Å². The van der Waals surface area contributed by atoms with E-state index in [0.29, 0.717) is 29.6 Å². The fourth-order valence-electron chi connectivity index (χ4n) is 2.61. The summed E-state index contributed by atoms with van der Waals surface area (Å²) in [6.07, 6.45) is 1.69. The highest BCUT2D eigenvalue weighted by Gasteiger charge is 2.26. The van der Waals surface area contributed by atoms with Gasteiger partial charge in [-0.2, -0.15) is 5.10 Å². The van der Waals surface area contributed by atoms with Crippen LogP contribution in [0.1, 0.15) is 5.82 Å². The first-order chi connectivity index (χ1) is 12.2. The summed E-state index contributed by atoms with van der Waals surface area (Å²) < 4.78 is 5.26. The van der Waals surface area contributed by atoms with E-state index in [1.807, 2.05) is 36.4 Å². The van der Waals surface area contributed by atoms with Gasteiger partial charge in [0.15, 0.2) is 5.82 Å². The monoisotopic (exact) mass is 353 g/mol. The molecule has 0 fully saturated rings. The van der Waals surface area contributed by atoms with E-state index in [-0.39, 0.29) is 5.91 Å². The second-order valence-electron chi connectivity index (χ2n) is 5.42. The Bertz CT molecular complexity index is 912. The zero-order valence-electron chi connectivity index (χ0n) is 13.5. The number of carbonyl (C=O) groups excluding carboxylic acids is 1. The number of nitrogens with zero attached hydrogens (tertiary/aromatic N) is 4. The van der Waals surface area contributed by atoms with E-state index in [4.69, 9.17) is 4.74 Å². The molecule has 4 rings (SSSR count). The summed E-state index contributed by atoms with van der Waals surface area (Å²) in [5.74, 6) is 2.34. The Labute approximate surface area is 148 Å². The predicted molar refractivity (Wildman–Crippen MR) is 94.5 cm³/mol. The van der Waals surface area contributed by atoms with E-state index in [9.17, 15) is 4.79 Å². The Kier molecular flexibility index (Phi) is 4.10. The smallest absolute Gasteiger partial charge is 0.237 e.